The Morgan fingerprint density at radius 3 is 2.37 bits per heavy atom. The number of benzene rings is 3. The molecule has 0 fully saturated rings. The molecule has 0 aliphatic heterocycles. The van der Waals surface area contributed by atoms with E-state index >= 15 is 0 Å². The van der Waals surface area contributed by atoms with Crippen LogP contribution in [0.15, 0.2) is 66.7 Å². The number of nitrogens with one attached hydrogen (secondary N) is 2. The number of ether oxygens (including phenoxy) is 2. The Morgan fingerprint density at radius 1 is 0.867 bits per heavy atom. The highest BCUT2D eigenvalue weighted by atomic mass is 16.5. The van der Waals surface area contributed by atoms with Gasteiger partial charge in [-0.2, -0.15) is 0 Å². The highest BCUT2D eigenvalue weighted by molar-refractivity contribution is 5.95. The van der Waals surface area contributed by atoms with Crippen molar-refractivity contribution < 1.29 is 19.1 Å². The molecule has 0 saturated heterocycles. The van der Waals surface area contributed by atoms with Crippen molar-refractivity contribution in [1.82, 2.24) is 10.9 Å². The highest BCUT2D eigenvalue weighted by Gasteiger charge is 2.09. The van der Waals surface area contributed by atoms with Crippen molar-refractivity contribution in [3.63, 3.8) is 0 Å². The summed E-state index contributed by atoms with van der Waals surface area (Å²) in [5.74, 6) is 1.03. The molecule has 0 spiro atoms. The molecule has 2 N–H and O–H groups in total. The lowest BCUT2D eigenvalue weighted by Crippen LogP contribution is -2.43. The number of carbonyl (C=O) groups is 2. The predicted molar refractivity (Wildman–Crippen MR) is 116 cm³/mol. The second-order valence-corrected chi connectivity index (χ2v) is 7.32. The number of hydrogen-bond donors (Lipinski definition) is 2. The monoisotopic (exact) mass is 406 g/mol. The first-order chi connectivity index (χ1) is 14.5. The highest BCUT2D eigenvalue weighted by Crippen LogP contribution is 2.24. The van der Waals surface area contributed by atoms with Crippen molar-refractivity contribution in [2.24, 2.45) is 5.92 Å². The Labute approximate surface area is 176 Å². The Hall–Kier alpha value is -3.54. The van der Waals surface area contributed by atoms with Gasteiger partial charge in [0, 0.05) is 10.9 Å². The van der Waals surface area contributed by atoms with Crippen LogP contribution in [0.3, 0.4) is 0 Å². The van der Waals surface area contributed by atoms with Crippen molar-refractivity contribution in [3.05, 3.63) is 72.3 Å². The second kappa shape index (κ2) is 10.3. The number of amides is 2. The van der Waals surface area contributed by atoms with Crippen LogP contribution in [0.25, 0.3) is 10.8 Å². The van der Waals surface area contributed by atoms with E-state index in [0.29, 0.717) is 29.6 Å². The van der Waals surface area contributed by atoms with Gasteiger partial charge in [0.2, 0.25) is 0 Å². The Bertz CT molecular complexity index is 994. The summed E-state index contributed by atoms with van der Waals surface area (Å²) in [4.78, 5) is 24.3. The minimum Gasteiger partial charge on any atom is -0.494 e. The molecule has 0 unspecified atom stereocenters. The maximum absolute atomic E-state index is 12.2. The number of hydrazine groups is 1. The Balaban J connectivity index is 1.45. The molecular formula is C24H26N2O4. The Kier molecular flexibility index (Phi) is 7.27. The molecule has 0 radical (unpaired) electrons. The lowest BCUT2D eigenvalue weighted by Gasteiger charge is -2.11. The van der Waals surface area contributed by atoms with Crippen LogP contribution < -0.4 is 20.3 Å². The first-order valence-corrected chi connectivity index (χ1v) is 9.95. The van der Waals surface area contributed by atoms with Crippen LogP contribution in [0, 0.1) is 5.92 Å². The third-order valence-electron chi connectivity index (χ3n) is 4.50. The quantitative estimate of drug-likeness (QED) is 0.552. The molecule has 2 amide bonds. The number of rotatable bonds is 8. The third kappa shape index (κ3) is 5.98. The maximum Gasteiger partial charge on any atom is 0.276 e. The summed E-state index contributed by atoms with van der Waals surface area (Å²) in [6, 6.07) is 20.2. The number of hydrogen-bond acceptors (Lipinski definition) is 4. The first-order valence-electron chi connectivity index (χ1n) is 9.95. The van der Waals surface area contributed by atoms with Crippen LogP contribution in [-0.4, -0.2) is 25.0 Å². The zero-order valence-electron chi connectivity index (χ0n) is 17.2. The van der Waals surface area contributed by atoms with E-state index in [-0.39, 0.29) is 6.61 Å². The summed E-state index contributed by atoms with van der Waals surface area (Å²) < 4.78 is 11.2. The van der Waals surface area contributed by atoms with Crippen LogP contribution in [0.4, 0.5) is 0 Å². The van der Waals surface area contributed by atoms with Crippen LogP contribution in [0.5, 0.6) is 11.5 Å². The van der Waals surface area contributed by atoms with E-state index in [1.54, 1.807) is 30.3 Å². The fraction of sp³-hybridized carbons (Fsp3) is 0.250. The smallest absolute Gasteiger partial charge is 0.276 e. The fourth-order valence-corrected chi connectivity index (χ4v) is 2.81. The van der Waals surface area contributed by atoms with Gasteiger partial charge in [-0.15, -0.1) is 0 Å². The molecule has 0 saturated carbocycles. The van der Waals surface area contributed by atoms with Gasteiger partial charge in [0.25, 0.3) is 11.8 Å². The van der Waals surface area contributed by atoms with Crippen molar-refractivity contribution in [2.45, 2.75) is 20.3 Å². The van der Waals surface area contributed by atoms with Crippen molar-refractivity contribution in [2.75, 3.05) is 13.2 Å². The topological polar surface area (TPSA) is 76.7 Å². The van der Waals surface area contributed by atoms with Crippen LogP contribution in [0.1, 0.15) is 30.6 Å². The van der Waals surface area contributed by atoms with Gasteiger partial charge < -0.3 is 9.47 Å². The lowest BCUT2D eigenvalue weighted by molar-refractivity contribution is -0.123. The first kappa shape index (κ1) is 21.2. The van der Waals surface area contributed by atoms with Crippen molar-refractivity contribution in [1.29, 1.82) is 0 Å². The van der Waals surface area contributed by atoms with E-state index in [2.05, 4.69) is 24.7 Å². The van der Waals surface area contributed by atoms with E-state index in [4.69, 9.17) is 9.47 Å². The third-order valence-corrected chi connectivity index (χ3v) is 4.50. The average molecular weight is 406 g/mol. The molecule has 0 heterocycles. The summed E-state index contributed by atoms with van der Waals surface area (Å²) in [7, 11) is 0. The van der Waals surface area contributed by atoms with Crippen LogP contribution >= 0.6 is 0 Å². The van der Waals surface area contributed by atoms with Gasteiger partial charge in [0.05, 0.1) is 6.61 Å². The molecule has 6 nitrogen and oxygen atoms in total. The molecule has 3 rings (SSSR count). The molecular weight excluding hydrogens is 380 g/mol. The molecule has 6 heteroatoms. The van der Waals surface area contributed by atoms with E-state index in [1.807, 2.05) is 36.4 Å². The van der Waals surface area contributed by atoms with Crippen molar-refractivity contribution in [3.8, 4) is 11.5 Å². The zero-order valence-corrected chi connectivity index (χ0v) is 17.2. The fourth-order valence-electron chi connectivity index (χ4n) is 2.81. The second-order valence-electron chi connectivity index (χ2n) is 7.32. The lowest BCUT2D eigenvalue weighted by atomic mass is 10.1. The molecule has 30 heavy (non-hydrogen) atoms. The van der Waals surface area contributed by atoms with E-state index in [9.17, 15) is 9.59 Å². The summed E-state index contributed by atoms with van der Waals surface area (Å²) in [6.45, 7) is 4.70. The molecule has 0 atom stereocenters. The van der Waals surface area contributed by atoms with E-state index in [1.165, 1.54) is 0 Å². The van der Waals surface area contributed by atoms with Gasteiger partial charge in [-0.25, -0.2) is 0 Å². The van der Waals surface area contributed by atoms with Gasteiger partial charge in [-0.05, 0) is 48.1 Å². The van der Waals surface area contributed by atoms with Crippen LogP contribution in [0.2, 0.25) is 0 Å². The van der Waals surface area contributed by atoms with E-state index in [0.717, 1.165) is 17.2 Å². The predicted octanol–water partition coefficient (Wildman–Crippen LogP) is 4.10. The number of fused-ring (bicyclic) bond motifs is 1. The maximum atomic E-state index is 12.2. The average Bonchev–Trinajstić information content (AvgIpc) is 2.76. The van der Waals surface area contributed by atoms with Gasteiger partial charge in [0.1, 0.15) is 11.5 Å². The van der Waals surface area contributed by atoms with Gasteiger partial charge in [-0.1, -0.05) is 50.2 Å². The van der Waals surface area contributed by atoms with Crippen LogP contribution in [-0.2, 0) is 4.79 Å². The summed E-state index contributed by atoms with van der Waals surface area (Å²) in [5.41, 5.74) is 5.17. The largest absolute Gasteiger partial charge is 0.494 e. The standard InChI is InChI=1S/C24H26N2O4/c1-17(2)14-15-29-20-12-10-19(11-13-20)24(28)26-25-23(27)16-30-22-9-5-7-18-6-3-4-8-21(18)22/h3-13,17H,14-16H2,1-2H3,(H,25,27)(H,26,28). The minimum atomic E-state index is -0.454. The molecule has 0 bridgehead atoms. The van der Waals surface area contributed by atoms with Gasteiger partial charge in [-0.3, -0.25) is 20.4 Å². The summed E-state index contributed by atoms with van der Waals surface area (Å²) >= 11 is 0. The molecule has 156 valence electrons. The van der Waals surface area contributed by atoms with E-state index < -0.39 is 11.8 Å². The zero-order chi connectivity index (χ0) is 21.3. The summed E-state index contributed by atoms with van der Waals surface area (Å²) in [5, 5.41) is 1.95. The molecule has 0 aliphatic rings. The van der Waals surface area contributed by atoms with Gasteiger partial charge >= 0.3 is 0 Å². The minimum absolute atomic E-state index is 0.211. The molecule has 0 aromatic heterocycles. The Morgan fingerprint density at radius 2 is 1.60 bits per heavy atom. The summed E-state index contributed by atoms with van der Waals surface area (Å²) in [6.07, 6.45) is 0.967. The van der Waals surface area contributed by atoms with Gasteiger partial charge in [0.15, 0.2) is 6.61 Å². The molecule has 0 aliphatic carbocycles. The van der Waals surface area contributed by atoms with Crippen molar-refractivity contribution >= 4 is 22.6 Å². The number of carbonyl (C=O) groups excluding carboxylic acids is 2. The molecule has 3 aromatic carbocycles. The SMILES string of the molecule is CC(C)CCOc1ccc(C(=O)NNC(=O)COc2cccc3ccccc23)cc1. The normalized spacial score (nSPS) is 10.6. The molecule has 3 aromatic rings.